The zero-order valence-corrected chi connectivity index (χ0v) is 5.43. The molecule has 1 rings (SSSR count). The molecule has 0 aromatic carbocycles. The third kappa shape index (κ3) is 1.91. The second-order valence-electron chi connectivity index (χ2n) is 1.34. The summed E-state index contributed by atoms with van der Waals surface area (Å²) >= 11 is 0. The van der Waals surface area contributed by atoms with Crippen LogP contribution in [-0.4, -0.2) is 17.7 Å². The van der Waals surface area contributed by atoms with Gasteiger partial charge in [0.1, 0.15) is 0 Å². The number of halogens is 1. The third-order valence-electron chi connectivity index (χ3n) is 0.768. The molecule has 0 bridgehead atoms. The minimum Gasteiger partial charge on any atom is -0.349 e. The highest BCUT2D eigenvalue weighted by Gasteiger charge is 2.08. The summed E-state index contributed by atoms with van der Waals surface area (Å²) in [6.07, 6.45) is 3.19. The maximum Gasteiger partial charge on any atom is 0.342 e. The lowest BCUT2D eigenvalue weighted by atomic mass is 10.7. The van der Waals surface area contributed by atoms with Crippen LogP contribution in [0.2, 0.25) is 0 Å². The summed E-state index contributed by atoms with van der Waals surface area (Å²) < 4.78 is 0. The van der Waals surface area contributed by atoms with E-state index in [9.17, 15) is 4.79 Å². The summed E-state index contributed by atoms with van der Waals surface area (Å²) in [5.41, 5.74) is 4.81. The van der Waals surface area contributed by atoms with Crippen LogP contribution in [0.1, 0.15) is 0 Å². The average molecular weight is 151 g/mol. The molecule has 0 fully saturated rings. The molecule has 0 spiro atoms. The summed E-state index contributed by atoms with van der Waals surface area (Å²) in [4.78, 5) is 14.8. The van der Waals surface area contributed by atoms with Gasteiger partial charge in [-0.25, -0.2) is 4.79 Å². The van der Waals surface area contributed by atoms with Crippen LogP contribution < -0.4 is 5.73 Å². The topological polar surface area (TPSA) is 55.6 Å². The van der Waals surface area contributed by atoms with Gasteiger partial charge < -0.3 is 5.73 Å². The first kappa shape index (κ1) is 8.26. The number of carbonyl (C=O) groups excluding carboxylic acids is 1. The van der Waals surface area contributed by atoms with Crippen molar-refractivity contribution in [3.8, 4) is 0 Å². The van der Waals surface area contributed by atoms with Gasteiger partial charge in [-0.2, -0.15) is 5.06 Å². The van der Waals surface area contributed by atoms with Crippen molar-refractivity contribution in [3.05, 3.63) is 12.3 Å². The first-order chi connectivity index (χ1) is 3.80. The highest BCUT2D eigenvalue weighted by molar-refractivity contribution is 5.85. The van der Waals surface area contributed by atoms with E-state index in [1.807, 2.05) is 0 Å². The van der Waals surface area contributed by atoms with Crippen molar-refractivity contribution in [3.63, 3.8) is 0 Å². The number of hydrogen-bond donors (Lipinski definition) is 1. The maximum absolute atomic E-state index is 10.2. The third-order valence-corrected chi connectivity index (χ3v) is 0.768. The Labute approximate surface area is 58.6 Å². The standard InChI is InChI=1S/C4H6N2O2.ClH/c5-4(7)6-2-1-3-8-6;/h1-2H,3H2,(H2,5,7);1H. The van der Waals surface area contributed by atoms with Gasteiger partial charge in [-0.1, -0.05) is 0 Å². The number of nitrogens with two attached hydrogens (primary N) is 1. The number of rotatable bonds is 0. The second kappa shape index (κ2) is 3.32. The minimum absolute atomic E-state index is 0. The van der Waals surface area contributed by atoms with E-state index >= 15 is 0 Å². The van der Waals surface area contributed by atoms with E-state index in [0.29, 0.717) is 6.61 Å². The van der Waals surface area contributed by atoms with E-state index in [0.717, 1.165) is 5.06 Å². The van der Waals surface area contributed by atoms with Crippen molar-refractivity contribution in [2.45, 2.75) is 0 Å². The Hall–Kier alpha value is -0.740. The predicted octanol–water partition coefficient (Wildman–Crippen LogP) is 0.248. The predicted molar refractivity (Wildman–Crippen MR) is 33.8 cm³/mol. The van der Waals surface area contributed by atoms with Gasteiger partial charge in [0.25, 0.3) is 0 Å². The van der Waals surface area contributed by atoms with Crippen LogP contribution in [0, 0.1) is 0 Å². The fourth-order valence-electron chi connectivity index (χ4n) is 0.442. The number of amides is 2. The number of hydroxylamine groups is 2. The second-order valence-corrected chi connectivity index (χ2v) is 1.34. The molecule has 52 valence electrons. The lowest BCUT2D eigenvalue weighted by Crippen LogP contribution is -2.28. The molecule has 0 radical (unpaired) electrons. The van der Waals surface area contributed by atoms with Gasteiger partial charge in [-0.3, -0.25) is 4.84 Å². The highest BCUT2D eigenvalue weighted by Crippen LogP contribution is 1.98. The van der Waals surface area contributed by atoms with Crippen LogP contribution in [0.15, 0.2) is 12.3 Å². The smallest absolute Gasteiger partial charge is 0.342 e. The molecule has 0 atom stereocenters. The normalized spacial score (nSPS) is 15.3. The molecule has 0 aliphatic carbocycles. The summed E-state index contributed by atoms with van der Waals surface area (Å²) in [5, 5.41) is 0.986. The lowest BCUT2D eigenvalue weighted by molar-refractivity contribution is -0.0455. The SMILES string of the molecule is Cl.NC(=O)N1C=CCO1. The van der Waals surface area contributed by atoms with Gasteiger partial charge in [0, 0.05) is 6.20 Å². The van der Waals surface area contributed by atoms with E-state index in [4.69, 9.17) is 5.73 Å². The van der Waals surface area contributed by atoms with Crippen molar-refractivity contribution < 1.29 is 9.63 Å². The molecular formula is C4H7ClN2O2. The number of carbonyl (C=O) groups is 1. The average Bonchev–Trinajstić information content (AvgIpc) is 2.12. The van der Waals surface area contributed by atoms with Crippen LogP contribution in [0.5, 0.6) is 0 Å². The van der Waals surface area contributed by atoms with Crippen molar-refractivity contribution in [2.75, 3.05) is 6.61 Å². The molecule has 1 aliphatic heterocycles. The quantitative estimate of drug-likeness (QED) is 0.538. The monoisotopic (exact) mass is 150 g/mol. The molecule has 4 nitrogen and oxygen atoms in total. The van der Waals surface area contributed by atoms with E-state index in [-0.39, 0.29) is 12.4 Å². The molecule has 1 aliphatic rings. The van der Waals surface area contributed by atoms with E-state index < -0.39 is 6.03 Å². The Morgan fingerprint density at radius 3 is 2.67 bits per heavy atom. The number of primary amides is 1. The van der Waals surface area contributed by atoms with Crippen LogP contribution in [0.3, 0.4) is 0 Å². The Balaban J connectivity index is 0.000000640. The molecule has 0 saturated carbocycles. The molecule has 0 unspecified atom stereocenters. The number of hydrogen-bond acceptors (Lipinski definition) is 2. The summed E-state index contributed by atoms with van der Waals surface area (Å²) in [6, 6.07) is -0.584. The molecule has 5 heteroatoms. The van der Waals surface area contributed by atoms with Gasteiger partial charge >= 0.3 is 6.03 Å². The Kier molecular flexibility index (Phi) is 3.05. The van der Waals surface area contributed by atoms with Crippen molar-refractivity contribution in [1.82, 2.24) is 5.06 Å². The van der Waals surface area contributed by atoms with E-state index in [1.165, 1.54) is 6.20 Å². The zero-order chi connectivity index (χ0) is 5.98. The fraction of sp³-hybridized carbons (Fsp3) is 0.250. The van der Waals surface area contributed by atoms with Crippen molar-refractivity contribution >= 4 is 18.4 Å². The first-order valence-corrected chi connectivity index (χ1v) is 2.19. The minimum atomic E-state index is -0.584. The fourth-order valence-corrected chi connectivity index (χ4v) is 0.442. The van der Waals surface area contributed by atoms with Crippen molar-refractivity contribution in [2.24, 2.45) is 5.73 Å². The highest BCUT2D eigenvalue weighted by atomic mass is 35.5. The van der Waals surface area contributed by atoms with Gasteiger partial charge in [0.15, 0.2) is 0 Å². The largest absolute Gasteiger partial charge is 0.349 e. The number of nitrogens with zero attached hydrogens (tertiary/aromatic N) is 1. The molecule has 0 aromatic heterocycles. The van der Waals surface area contributed by atoms with Crippen LogP contribution in [0.25, 0.3) is 0 Å². The van der Waals surface area contributed by atoms with Gasteiger partial charge in [-0.15, -0.1) is 12.4 Å². The molecule has 0 saturated heterocycles. The summed E-state index contributed by atoms with van der Waals surface area (Å²) in [7, 11) is 0. The molecule has 9 heavy (non-hydrogen) atoms. The molecule has 1 heterocycles. The van der Waals surface area contributed by atoms with Gasteiger partial charge in [0.05, 0.1) is 6.61 Å². The number of urea groups is 1. The molecule has 2 N–H and O–H groups in total. The van der Waals surface area contributed by atoms with E-state index in [1.54, 1.807) is 6.08 Å². The molecule has 2 amide bonds. The lowest BCUT2D eigenvalue weighted by Gasteiger charge is -2.06. The Morgan fingerprint density at radius 1 is 1.78 bits per heavy atom. The maximum atomic E-state index is 10.2. The summed E-state index contributed by atoms with van der Waals surface area (Å²) in [5.74, 6) is 0. The first-order valence-electron chi connectivity index (χ1n) is 2.19. The van der Waals surface area contributed by atoms with Crippen LogP contribution in [-0.2, 0) is 4.84 Å². The Morgan fingerprint density at radius 2 is 2.44 bits per heavy atom. The van der Waals surface area contributed by atoms with Crippen LogP contribution in [0.4, 0.5) is 4.79 Å². The van der Waals surface area contributed by atoms with Gasteiger partial charge in [0.2, 0.25) is 0 Å². The van der Waals surface area contributed by atoms with Crippen molar-refractivity contribution in [1.29, 1.82) is 0 Å². The summed E-state index contributed by atoms with van der Waals surface area (Å²) in [6.45, 7) is 0.433. The van der Waals surface area contributed by atoms with Gasteiger partial charge in [-0.05, 0) is 6.08 Å². The van der Waals surface area contributed by atoms with Crippen LogP contribution >= 0.6 is 12.4 Å². The molecular weight excluding hydrogens is 144 g/mol. The molecule has 0 aromatic rings. The zero-order valence-electron chi connectivity index (χ0n) is 4.61. The Bertz CT molecular complexity index is 137. The van der Waals surface area contributed by atoms with E-state index in [2.05, 4.69) is 4.84 Å².